The first-order valence-corrected chi connectivity index (χ1v) is 17.7. The van der Waals surface area contributed by atoms with Crippen LogP contribution in [-0.4, -0.2) is 67.1 Å². The van der Waals surface area contributed by atoms with Crippen LogP contribution in [0.4, 0.5) is 16.4 Å². The van der Waals surface area contributed by atoms with Crippen molar-refractivity contribution in [2.75, 3.05) is 44.2 Å². The van der Waals surface area contributed by atoms with Crippen molar-refractivity contribution in [1.82, 2.24) is 15.0 Å². The second-order valence-corrected chi connectivity index (χ2v) is 14.5. The van der Waals surface area contributed by atoms with E-state index in [0.717, 1.165) is 22.3 Å². The second-order valence-electron chi connectivity index (χ2n) is 14.5. The quantitative estimate of drug-likeness (QED) is 0.134. The van der Waals surface area contributed by atoms with Crippen LogP contribution in [-0.2, 0) is 22.6 Å². The van der Waals surface area contributed by atoms with Crippen LogP contribution in [0.15, 0.2) is 73.1 Å². The number of amides is 1. The highest BCUT2D eigenvalue weighted by Crippen LogP contribution is 2.49. The van der Waals surface area contributed by atoms with Crippen LogP contribution in [0, 0.1) is 25.7 Å². The molecule has 1 saturated carbocycles. The van der Waals surface area contributed by atoms with E-state index in [-0.39, 0.29) is 36.1 Å². The van der Waals surface area contributed by atoms with E-state index in [4.69, 9.17) is 42.7 Å². The summed E-state index contributed by atoms with van der Waals surface area (Å²) in [4.78, 5) is 31.8. The van der Waals surface area contributed by atoms with Crippen molar-refractivity contribution in [3.05, 3.63) is 95.3 Å². The van der Waals surface area contributed by atoms with Crippen LogP contribution in [0.3, 0.4) is 0 Å². The smallest absolute Gasteiger partial charge is 0.416 e. The summed E-state index contributed by atoms with van der Waals surface area (Å²) in [6.07, 6.45) is 0.718. The number of nitrogens with zero attached hydrogens (tertiary/aromatic N) is 5. The van der Waals surface area contributed by atoms with Gasteiger partial charge in [0.2, 0.25) is 0 Å². The summed E-state index contributed by atoms with van der Waals surface area (Å²) in [5.74, 6) is 2.26. The van der Waals surface area contributed by atoms with Gasteiger partial charge in [-0.05, 0) is 70.0 Å². The first kappa shape index (κ1) is 32.2. The molecule has 2 aliphatic rings. The minimum atomic E-state index is -2.55. The Morgan fingerprint density at radius 3 is 2.43 bits per heavy atom. The molecular weight excluding hydrogens is 670 g/mol. The molecular formula is C42H47N5O6. The lowest BCUT2D eigenvalue weighted by atomic mass is 9.97. The van der Waals surface area contributed by atoms with Gasteiger partial charge < -0.3 is 28.6 Å². The molecule has 7 rings (SSSR count). The Labute approximate surface area is 315 Å². The van der Waals surface area contributed by atoms with Gasteiger partial charge in [-0.3, -0.25) is 4.90 Å². The van der Waals surface area contributed by atoms with Crippen molar-refractivity contribution in [1.29, 1.82) is 0 Å². The summed E-state index contributed by atoms with van der Waals surface area (Å²) in [5.41, 5.74) is 4.09. The van der Waals surface area contributed by atoms with Gasteiger partial charge in [0, 0.05) is 57.1 Å². The first-order chi connectivity index (χ1) is 26.7. The largest absolute Gasteiger partial charge is 0.497 e. The maximum absolute atomic E-state index is 14.3. The molecule has 53 heavy (non-hydrogen) atoms. The molecule has 1 aliphatic carbocycles. The van der Waals surface area contributed by atoms with Gasteiger partial charge in [-0.25, -0.2) is 19.7 Å². The monoisotopic (exact) mass is 720 g/mol. The number of anilines is 2. The fourth-order valence-electron chi connectivity index (χ4n) is 7.07. The summed E-state index contributed by atoms with van der Waals surface area (Å²) in [6.45, 7) is 8.05. The fourth-order valence-corrected chi connectivity index (χ4v) is 7.07. The van der Waals surface area contributed by atoms with Gasteiger partial charge in [0.25, 0.3) is 0 Å². The van der Waals surface area contributed by atoms with Crippen LogP contribution in [0.25, 0.3) is 22.2 Å². The normalized spacial score (nSPS) is 18.7. The van der Waals surface area contributed by atoms with E-state index in [0.29, 0.717) is 59.2 Å². The Kier molecular flexibility index (Phi) is 8.85. The molecule has 3 atom stereocenters. The Morgan fingerprint density at radius 1 is 0.962 bits per heavy atom. The number of hydrogen-bond acceptors (Lipinski definition) is 10. The zero-order valence-electron chi connectivity index (χ0n) is 34.2. The zero-order valence-corrected chi connectivity index (χ0v) is 31.2. The van der Waals surface area contributed by atoms with E-state index in [1.807, 2.05) is 62.4 Å². The summed E-state index contributed by atoms with van der Waals surface area (Å²) in [5, 5.41) is 0.413. The molecule has 2 fully saturated rings. The number of aryl methyl sites for hydroxylation is 1. The lowest BCUT2D eigenvalue weighted by molar-refractivity contribution is 0.0576. The maximum atomic E-state index is 14.3. The minimum absolute atomic E-state index is 0.00481. The molecule has 276 valence electrons. The topological polar surface area (TPSA) is 108 Å². The van der Waals surface area contributed by atoms with Crippen LogP contribution >= 0.6 is 0 Å². The molecule has 5 aromatic rings. The molecule has 1 saturated heterocycles. The van der Waals surface area contributed by atoms with Crippen molar-refractivity contribution < 1.29 is 32.6 Å². The lowest BCUT2D eigenvalue weighted by Gasteiger charge is -2.29. The molecule has 0 radical (unpaired) electrons. The summed E-state index contributed by atoms with van der Waals surface area (Å²) in [6, 6.07) is 20.5. The van der Waals surface area contributed by atoms with E-state index in [2.05, 4.69) is 0 Å². The Hall–Kier alpha value is -5.42. The van der Waals surface area contributed by atoms with Crippen LogP contribution in [0.2, 0.25) is 0 Å². The van der Waals surface area contributed by atoms with Crippen LogP contribution in [0.1, 0.15) is 47.1 Å². The molecule has 0 spiro atoms. The Morgan fingerprint density at radius 2 is 1.74 bits per heavy atom. The number of benzene rings is 3. The molecule has 11 nitrogen and oxygen atoms in total. The highest BCUT2D eigenvalue weighted by molar-refractivity contribution is 6.04. The molecule has 1 amide bonds. The molecule has 0 N–H and O–H groups in total. The summed E-state index contributed by atoms with van der Waals surface area (Å²) in [7, 11) is 3.11. The predicted octanol–water partition coefficient (Wildman–Crippen LogP) is 7.93. The van der Waals surface area contributed by atoms with Crippen molar-refractivity contribution >= 4 is 28.6 Å². The molecule has 1 unspecified atom stereocenters. The standard InChI is InChI=1S/C42H47N5O6/c1-25-14-17-33(52-21-27-12-10-9-11-13-27)26(2)36(25)38-37-30(19-35(45-38)46(6)39-31-22-51-23-32(31)39)40(44-24-43-37)47(41(48)53-42(3,4)5)20-28-15-16-29(49-7)18-34(28)50-8/h9-19,24,31-32,39H,20-23H2,1-8H3/t31-,32+,39?/i6D3. The number of fused-ring (bicyclic) bond motifs is 2. The van der Waals surface area contributed by atoms with Gasteiger partial charge in [0.15, 0.2) is 0 Å². The van der Waals surface area contributed by atoms with Crippen LogP contribution in [0.5, 0.6) is 17.2 Å². The molecule has 0 bridgehead atoms. The van der Waals surface area contributed by atoms with Crippen molar-refractivity contribution in [3.8, 4) is 28.5 Å². The number of pyridine rings is 1. The first-order valence-electron chi connectivity index (χ1n) is 19.2. The molecule has 2 aromatic heterocycles. The summed E-state index contributed by atoms with van der Waals surface area (Å²) >= 11 is 0. The van der Waals surface area contributed by atoms with Crippen molar-refractivity contribution in [2.45, 2.75) is 59.4 Å². The predicted molar refractivity (Wildman–Crippen MR) is 205 cm³/mol. The van der Waals surface area contributed by atoms with Gasteiger partial charge in [-0.2, -0.15) is 0 Å². The van der Waals surface area contributed by atoms with Crippen molar-refractivity contribution in [3.63, 3.8) is 0 Å². The van der Waals surface area contributed by atoms with Gasteiger partial charge in [-0.1, -0.05) is 36.4 Å². The number of methoxy groups -OCH3 is 2. The van der Waals surface area contributed by atoms with Gasteiger partial charge in [-0.15, -0.1) is 0 Å². The van der Waals surface area contributed by atoms with E-state index >= 15 is 0 Å². The third-order valence-electron chi connectivity index (χ3n) is 9.83. The number of hydrogen-bond donors (Lipinski definition) is 0. The minimum Gasteiger partial charge on any atom is -0.497 e. The van der Waals surface area contributed by atoms with Crippen LogP contribution < -0.4 is 24.0 Å². The van der Waals surface area contributed by atoms with Gasteiger partial charge >= 0.3 is 6.09 Å². The molecule has 1 aliphatic heterocycles. The number of carbonyl (C=O) groups excluding carboxylic acids is 1. The number of aromatic nitrogens is 3. The zero-order chi connectivity index (χ0) is 39.9. The van der Waals surface area contributed by atoms with Gasteiger partial charge in [0.1, 0.15) is 52.9 Å². The van der Waals surface area contributed by atoms with E-state index < -0.39 is 18.7 Å². The lowest BCUT2D eigenvalue weighted by Crippen LogP contribution is -2.37. The average molecular weight is 721 g/mol. The molecule has 3 aromatic carbocycles. The number of ether oxygens (including phenoxy) is 5. The highest BCUT2D eigenvalue weighted by Gasteiger charge is 2.56. The fraction of sp³-hybridized carbons (Fsp3) is 0.381. The molecule has 11 heteroatoms. The summed E-state index contributed by atoms with van der Waals surface area (Å²) < 4.78 is 55.4. The van der Waals surface area contributed by atoms with E-state index in [1.165, 1.54) is 16.1 Å². The second kappa shape index (κ2) is 14.5. The van der Waals surface area contributed by atoms with Crippen molar-refractivity contribution in [2.24, 2.45) is 11.8 Å². The Balaban J connectivity index is 1.45. The average Bonchev–Trinajstić information content (AvgIpc) is 3.56. The molecule has 3 heterocycles. The number of carbonyl (C=O) groups is 1. The maximum Gasteiger partial charge on any atom is 0.416 e. The third kappa shape index (κ3) is 7.30. The van der Waals surface area contributed by atoms with E-state index in [9.17, 15) is 4.79 Å². The SMILES string of the molecule is [2H]C([2H])([2H])N(c1cc2c(N(Cc3ccc(OC)cc3OC)C(=O)OC(C)(C)C)ncnc2c(-c2c(C)ccc(OCc3ccccc3)c2C)n1)C1[C@H]2COC[C@@H]12. The highest BCUT2D eigenvalue weighted by atomic mass is 16.6. The van der Waals surface area contributed by atoms with Gasteiger partial charge in [0.05, 0.1) is 39.7 Å². The van der Waals surface area contributed by atoms with E-state index in [1.54, 1.807) is 53.2 Å². The Bertz CT molecular complexity index is 2240. The number of rotatable bonds is 11. The third-order valence-corrected chi connectivity index (χ3v) is 9.83.